The second-order valence-electron chi connectivity index (χ2n) is 4.50. The van der Waals surface area contributed by atoms with Crippen molar-refractivity contribution in [2.75, 3.05) is 4.72 Å². The molecule has 0 aliphatic carbocycles. The minimum Gasteiger partial charge on any atom is -0.280 e. The van der Waals surface area contributed by atoms with Gasteiger partial charge in [-0.2, -0.15) is 0 Å². The van der Waals surface area contributed by atoms with Crippen molar-refractivity contribution in [1.29, 1.82) is 0 Å². The standard InChI is InChI=1S/C14H13BrClNO2S/c1-9-3-6-14(10(2)7-9)20(18,19)17-11-4-5-12(15)13(16)8-11/h3-8,17H,1-2H3. The summed E-state index contributed by atoms with van der Waals surface area (Å²) in [7, 11) is -3.61. The fourth-order valence-electron chi connectivity index (χ4n) is 1.87. The summed E-state index contributed by atoms with van der Waals surface area (Å²) in [6.45, 7) is 3.70. The molecule has 0 fully saturated rings. The summed E-state index contributed by atoms with van der Waals surface area (Å²) in [6, 6.07) is 10.1. The molecule has 2 rings (SSSR count). The monoisotopic (exact) mass is 373 g/mol. The zero-order valence-corrected chi connectivity index (χ0v) is 14.1. The van der Waals surface area contributed by atoms with Crippen molar-refractivity contribution >= 4 is 43.2 Å². The van der Waals surface area contributed by atoms with E-state index in [-0.39, 0.29) is 4.90 Å². The predicted octanol–water partition coefficient (Wildman–Crippen LogP) is 4.52. The fraction of sp³-hybridized carbons (Fsp3) is 0.143. The van der Waals surface area contributed by atoms with Crippen LogP contribution in [0.4, 0.5) is 5.69 Å². The van der Waals surface area contributed by atoms with E-state index in [9.17, 15) is 8.42 Å². The Balaban J connectivity index is 2.38. The van der Waals surface area contributed by atoms with Gasteiger partial charge in [-0.3, -0.25) is 4.72 Å². The van der Waals surface area contributed by atoms with Crippen LogP contribution >= 0.6 is 27.5 Å². The van der Waals surface area contributed by atoms with Crippen LogP contribution in [0.1, 0.15) is 11.1 Å². The van der Waals surface area contributed by atoms with Crippen LogP contribution in [0.3, 0.4) is 0 Å². The Morgan fingerprint density at radius 2 is 1.80 bits per heavy atom. The van der Waals surface area contributed by atoms with Gasteiger partial charge in [0.1, 0.15) is 0 Å². The summed E-state index contributed by atoms with van der Waals surface area (Å²) in [5.74, 6) is 0. The summed E-state index contributed by atoms with van der Waals surface area (Å²) in [4.78, 5) is 0.266. The molecule has 0 atom stereocenters. The van der Waals surface area contributed by atoms with Gasteiger partial charge >= 0.3 is 0 Å². The first-order chi connectivity index (χ1) is 9.29. The van der Waals surface area contributed by atoms with Gasteiger partial charge in [-0.05, 0) is 59.6 Å². The maximum absolute atomic E-state index is 12.4. The number of halogens is 2. The topological polar surface area (TPSA) is 46.2 Å². The van der Waals surface area contributed by atoms with Crippen LogP contribution in [0.25, 0.3) is 0 Å². The zero-order chi connectivity index (χ0) is 14.9. The zero-order valence-electron chi connectivity index (χ0n) is 10.9. The van der Waals surface area contributed by atoms with Gasteiger partial charge in [0.05, 0.1) is 15.6 Å². The molecule has 0 heterocycles. The molecule has 0 aliphatic heterocycles. The molecular weight excluding hydrogens is 362 g/mol. The molecule has 3 nitrogen and oxygen atoms in total. The van der Waals surface area contributed by atoms with Crippen molar-refractivity contribution in [3.8, 4) is 0 Å². The van der Waals surface area contributed by atoms with E-state index >= 15 is 0 Å². The lowest BCUT2D eigenvalue weighted by Crippen LogP contribution is -2.14. The van der Waals surface area contributed by atoms with Crippen molar-refractivity contribution in [3.05, 3.63) is 57.0 Å². The van der Waals surface area contributed by atoms with E-state index in [1.54, 1.807) is 37.3 Å². The van der Waals surface area contributed by atoms with Gasteiger partial charge in [-0.1, -0.05) is 29.3 Å². The maximum atomic E-state index is 12.4. The summed E-state index contributed by atoms with van der Waals surface area (Å²) in [6.07, 6.45) is 0. The van der Waals surface area contributed by atoms with Crippen molar-refractivity contribution in [2.24, 2.45) is 0 Å². The third-order valence-corrected chi connectivity index (χ3v) is 5.57. The summed E-state index contributed by atoms with van der Waals surface area (Å²) in [5, 5.41) is 0.450. The summed E-state index contributed by atoms with van der Waals surface area (Å²) in [5.41, 5.74) is 2.16. The number of rotatable bonds is 3. The van der Waals surface area contributed by atoms with E-state index in [1.165, 1.54) is 0 Å². The van der Waals surface area contributed by atoms with Crippen molar-refractivity contribution in [3.63, 3.8) is 0 Å². The highest BCUT2D eigenvalue weighted by Gasteiger charge is 2.17. The molecule has 0 bridgehead atoms. The van der Waals surface area contributed by atoms with Crippen LogP contribution in [0.2, 0.25) is 5.02 Å². The van der Waals surface area contributed by atoms with E-state index < -0.39 is 10.0 Å². The molecule has 0 amide bonds. The van der Waals surface area contributed by atoms with Crippen LogP contribution < -0.4 is 4.72 Å². The lowest BCUT2D eigenvalue weighted by atomic mass is 10.2. The Labute approximate surface area is 132 Å². The molecule has 6 heteroatoms. The largest absolute Gasteiger partial charge is 0.280 e. The SMILES string of the molecule is Cc1ccc(S(=O)(=O)Nc2ccc(Br)c(Cl)c2)c(C)c1. The Morgan fingerprint density at radius 1 is 1.10 bits per heavy atom. The minimum atomic E-state index is -3.61. The van der Waals surface area contributed by atoms with Crippen molar-refractivity contribution in [2.45, 2.75) is 18.7 Å². The van der Waals surface area contributed by atoms with E-state index in [4.69, 9.17) is 11.6 Å². The molecule has 1 N–H and O–H groups in total. The number of sulfonamides is 1. The normalized spacial score (nSPS) is 11.4. The van der Waals surface area contributed by atoms with E-state index in [2.05, 4.69) is 20.7 Å². The highest BCUT2D eigenvalue weighted by molar-refractivity contribution is 9.10. The minimum absolute atomic E-state index is 0.266. The Bertz CT molecular complexity index is 760. The second kappa shape index (κ2) is 5.76. The number of benzene rings is 2. The third-order valence-electron chi connectivity index (χ3n) is 2.79. The highest BCUT2D eigenvalue weighted by atomic mass is 79.9. The average Bonchev–Trinajstić information content (AvgIpc) is 2.33. The quantitative estimate of drug-likeness (QED) is 0.858. The van der Waals surface area contributed by atoms with Gasteiger partial charge in [0, 0.05) is 4.47 Å². The lowest BCUT2D eigenvalue weighted by Gasteiger charge is -2.11. The molecule has 0 saturated carbocycles. The molecule has 0 aromatic heterocycles. The molecule has 0 aliphatic rings. The molecule has 2 aromatic rings. The Hall–Kier alpha value is -1.04. The molecule has 0 radical (unpaired) electrons. The molecule has 0 unspecified atom stereocenters. The van der Waals surface area contributed by atoms with Crippen LogP contribution in [0.15, 0.2) is 45.8 Å². The first kappa shape index (κ1) is 15.4. The van der Waals surface area contributed by atoms with E-state index in [0.717, 1.165) is 5.56 Å². The Kier molecular flexibility index (Phi) is 4.42. The number of hydrogen-bond acceptors (Lipinski definition) is 2. The predicted molar refractivity (Wildman–Crippen MR) is 85.9 cm³/mol. The van der Waals surface area contributed by atoms with Crippen LogP contribution in [-0.4, -0.2) is 8.42 Å². The average molecular weight is 375 g/mol. The second-order valence-corrected chi connectivity index (χ2v) is 7.42. The Morgan fingerprint density at radius 3 is 2.40 bits per heavy atom. The number of nitrogens with one attached hydrogen (secondary N) is 1. The lowest BCUT2D eigenvalue weighted by molar-refractivity contribution is 0.600. The van der Waals surface area contributed by atoms with E-state index in [1.807, 2.05) is 13.0 Å². The maximum Gasteiger partial charge on any atom is 0.262 e. The van der Waals surface area contributed by atoms with E-state index in [0.29, 0.717) is 20.7 Å². The van der Waals surface area contributed by atoms with Crippen LogP contribution in [-0.2, 0) is 10.0 Å². The molecule has 2 aromatic carbocycles. The van der Waals surface area contributed by atoms with Crippen molar-refractivity contribution < 1.29 is 8.42 Å². The van der Waals surface area contributed by atoms with Crippen molar-refractivity contribution in [1.82, 2.24) is 0 Å². The van der Waals surface area contributed by atoms with Gasteiger partial charge < -0.3 is 0 Å². The first-order valence-corrected chi connectivity index (χ1v) is 8.50. The fourth-order valence-corrected chi connectivity index (χ4v) is 3.57. The molecular formula is C14H13BrClNO2S. The summed E-state index contributed by atoms with van der Waals surface area (Å²) < 4.78 is 28.0. The first-order valence-electron chi connectivity index (χ1n) is 5.85. The molecule has 20 heavy (non-hydrogen) atoms. The number of anilines is 1. The van der Waals surface area contributed by atoms with Gasteiger partial charge in [0.2, 0.25) is 0 Å². The van der Waals surface area contributed by atoms with Crippen LogP contribution in [0.5, 0.6) is 0 Å². The molecule has 0 spiro atoms. The third kappa shape index (κ3) is 3.34. The van der Waals surface area contributed by atoms with Gasteiger partial charge in [-0.25, -0.2) is 8.42 Å². The number of hydrogen-bond donors (Lipinski definition) is 1. The molecule has 106 valence electrons. The van der Waals surface area contributed by atoms with Gasteiger partial charge in [0.15, 0.2) is 0 Å². The highest BCUT2D eigenvalue weighted by Crippen LogP contribution is 2.27. The smallest absolute Gasteiger partial charge is 0.262 e. The van der Waals surface area contributed by atoms with Gasteiger partial charge in [0.25, 0.3) is 10.0 Å². The summed E-state index contributed by atoms with van der Waals surface area (Å²) >= 11 is 9.22. The van der Waals surface area contributed by atoms with Gasteiger partial charge in [-0.15, -0.1) is 0 Å². The number of aryl methyl sites for hydroxylation is 2. The van der Waals surface area contributed by atoms with Crippen LogP contribution in [0, 0.1) is 13.8 Å². The molecule has 0 saturated heterocycles.